The number of nitro groups is 1. The van der Waals surface area contributed by atoms with Crippen molar-refractivity contribution >= 4 is 11.6 Å². The molecular formula is C23H24N4O5. The monoisotopic (exact) mass is 436 g/mol. The fraction of sp³-hybridized carbons (Fsp3) is 0.304. The Morgan fingerprint density at radius 3 is 2.56 bits per heavy atom. The van der Waals surface area contributed by atoms with Gasteiger partial charge in [-0.15, -0.1) is 0 Å². The molecule has 0 N–H and O–H groups in total. The van der Waals surface area contributed by atoms with Crippen LogP contribution in [0.4, 0.5) is 5.69 Å². The third kappa shape index (κ3) is 4.06. The van der Waals surface area contributed by atoms with Crippen LogP contribution in [0.2, 0.25) is 0 Å². The first-order chi connectivity index (χ1) is 15.4. The van der Waals surface area contributed by atoms with E-state index in [1.54, 1.807) is 28.6 Å². The van der Waals surface area contributed by atoms with Crippen molar-refractivity contribution in [2.45, 2.75) is 20.8 Å². The van der Waals surface area contributed by atoms with Crippen molar-refractivity contribution in [3.63, 3.8) is 0 Å². The number of carbonyl (C=O) groups is 1. The summed E-state index contributed by atoms with van der Waals surface area (Å²) in [6.45, 7) is 7.55. The minimum atomic E-state index is -0.497. The molecule has 4 rings (SSSR count). The van der Waals surface area contributed by atoms with Gasteiger partial charge >= 0.3 is 5.69 Å². The topological polar surface area (TPSA) is 99.7 Å². The predicted octanol–water partition coefficient (Wildman–Crippen LogP) is 3.97. The zero-order valence-corrected chi connectivity index (χ0v) is 18.2. The SMILES string of the molecule is Cc1ccc(C)c(-n2nc(C(=O)N3CCOCC3)c(C)c2Oc2ccccc2[N+](=O)[O-])c1. The molecule has 0 spiro atoms. The number of benzene rings is 2. The summed E-state index contributed by atoms with van der Waals surface area (Å²) >= 11 is 0. The summed E-state index contributed by atoms with van der Waals surface area (Å²) in [6.07, 6.45) is 0. The number of carbonyl (C=O) groups excluding carboxylic acids is 1. The summed E-state index contributed by atoms with van der Waals surface area (Å²) in [5.74, 6) is 0.129. The summed E-state index contributed by atoms with van der Waals surface area (Å²) in [6, 6.07) is 12.0. The molecule has 0 unspecified atom stereocenters. The van der Waals surface area contributed by atoms with Crippen molar-refractivity contribution in [2.75, 3.05) is 26.3 Å². The number of ether oxygens (including phenoxy) is 2. The van der Waals surface area contributed by atoms with E-state index in [0.29, 0.717) is 31.9 Å². The van der Waals surface area contributed by atoms with Crippen LogP contribution in [-0.2, 0) is 4.74 Å². The largest absolute Gasteiger partial charge is 0.431 e. The van der Waals surface area contributed by atoms with Crippen molar-refractivity contribution in [3.8, 4) is 17.3 Å². The van der Waals surface area contributed by atoms with Crippen LogP contribution in [-0.4, -0.2) is 51.8 Å². The molecule has 2 aromatic carbocycles. The lowest BCUT2D eigenvalue weighted by molar-refractivity contribution is -0.385. The Bertz CT molecular complexity index is 1180. The number of hydrogen-bond donors (Lipinski definition) is 0. The van der Waals surface area contributed by atoms with Crippen LogP contribution in [0.3, 0.4) is 0 Å². The van der Waals surface area contributed by atoms with Crippen LogP contribution < -0.4 is 4.74 Å². The van der Waals surface area contributed by atoms with E-state index in [4.69, 9.17) is 9.47 Å². The van der Waals surface area contributed by atoms with Gasteiger partial charge in [-0.3, -0.25) is 14.9 Å². The summed E-state index contributed by atoms with van der Waals surface area (Å²) in [4.78, 5) is 25.9. The smallest absolute Gasteiger partial charge is 0.311 e. The Kier molecular flexibility index (Phi) is 5.91. The van der Waals surface area contributed by atoms with Crippen molar-refractivity contribution in [3.05, 3.63) is 75.0 Å². The van der Waals surface area contributed by atoms with Gasteiger partial charge in [0, 0.05) is 24.7 Å². The minimum absolute atomic E-state index is 0.0810. The summed E-state index contributed by atoms with van der Waals surface area (Å²) < 4.78 is 13.0. The molecule has 9 heteroatoms. The van der Waals surface area contributed by atoms with Gasteiger partial charge in [0.25, 0.3) is 5.91 Å². The lowest BCUT2D eigenvalue weighted by atomic mass is 10.1. The van der Waals surface area contributed by atoms with Gasteiger partial charge in [0.2, 0.25) is 11.6 Å². The zero-order chi connectivity index (χ0) is 22.8. The molecule has 1 saturated heterocycles. The van der Waals surface area contributed by atoms with Crippen LogP contribution in [0.5, 0.6) is 11.6 Å². The van der Waals surface area contributed by atoms with Gasteiger partial charge in [-0.2, -0.15) is 9.78 Å². The van der Waals surface area contributed by atoms with Gasteiger partial charge in [-0.25, -0.2) is 0 Å². The van der Waals surface area contributed by atoms with Crippen molar-refractivity contribution in [2.24, 2.45) is 0 Å². The number of aromatic nitrogens is 2. The van der Waals surface area contributed by atoms with E-state index >= 15 is 0 Å². The normalized spacial score (nSPS) is 13.8. The molecule has 1 fully saturated rings. The predicted molar refractivity (Wildman–Crippen MR) is 118 cm³/mol. The van der Waals surface area contributed by atoms with Gasteiger partial charge in [-0.05, 0) is 44.0 Å². The van der Waals surface area contributed by atoms with Gasteiger partial charge in [0.1, 0.15) is 0 Å². The molecule has 0 saturated carbocycles. The van der Waals surface area contributed by atoms with E-state index in [-0.39, 0.29) is 28.9 Å². The van der Waals surface area contributed by atoms with Gasteiger partial charge < -0.3 is 14.4 Å². The summed E-state index contributed by atoms with van der Waals surface area (Å²) in [5.41, 5.74) is 3.28. The molecule has 32 heavy (non-hydrogen) atoms. The molecule has 3 aromatic rings. The van der Waals surface area contributed by atoms with Crippen molar-refractivity contribution in [1.29, 1.82) is 0 Å². The van der Waals surface area contributed by atoms with E-state index in [2.05, 4.69) is 5.10 Å². The van der Waals surface area contributed by atoms with Crippen molar-refractivity contribution in [1.82, 2.24) is 14.7 Å². The molecule has 166 valence electrons. The highest BCUT2D eigenvalue weighted by Gasteiger charge is 2.29. The Morgan fingerprint density at radius 1 is 1.12 bits per heavy atom. The molecule has 2 heterocycles. The Hall–Kier alpha value is -3.72. The van der Waals surface area contributed by atoms with Gasteiger partial charge in [0.15, 0.2) is 5.69 Å². The van der Waals surface area contributed by atoms with Gasteiger partial charge in [0.05, 0.1) is 23.8 Å². The molecule has 1 aromatic heterocycles. The fourth-order valence-corrected chi connectivity index (χ4v) is 3.63. The lowest BCUT2D eigenvalue weighted by Gasteiger charge is -2.26. The second-order valence-corrected chi connectivity index (χ2v) is 7.71. The number of amides is 1. The van der Waals surface area contributed by atoms with E-state index in [0.717, 1.165) is 16.8 Å². The first-order valence-electron chi connectivity index (χ1n) is 10.3. The average molecular weight is 436 g/mol. The minimum Gasteiger partial charge on any atom is -0.431 e. The van der Waals surface area contributed by atoms with E-state index in [1.165, 1.54) is 12.1 Å². The number of para-hydroxylation sites is 2. The maximum absolute atomic E-state index is 13.2. The van der Waals surface area contributed by atoms with E-state index in [1.807, 2.05) is 32.0 Å². The number of nitro benzene ring substituents is 1. The molecule has 9 nitrogen and oxygen atoms in total. The Morgan fingerprint density at radius 2 is 1.84 bits per heavy atom. The second-order valence-electron chi connectivity index (χ2n) is 7.71. The van der Waals surface area contributed by atoms with Crippen LogP contribution in [0.1, 0.15) is 27.2 Å². The highest BCUT2D eigenvalue weighted by Crippen LogP contribution is 2.36. The molecular weight excluding hydrogens is 412 g/mol. The molecule has 1 amide bonds. The van der Waals surface area contributed by atoms with Crippen molar-refractivity contribution < 1.29 is 19.2 Å². The van der Waals surface area contributed by atoms with Crippen LogP contribution in [0.15, 0.2) is 42.5 Å². The standard InChI is InChI=1S/C23H24N4O5/c1-15-8-9-16(2)19(14-15)26-23(32-20-7-5-4-6-18(20)27(29)30)17(3)21(24-26)22(28)25-10-12-31-13-11-25/h4-9,14H,10-13H2,1-3H3. The van der Waals surface area contributed by atoms with E-state index < -0.39 is 4.92 Å². The van der Waals surface area contributed by atoms with Gasteiger partial charge in [-0.1, -0.05) is 24.3 Å². The second kappa shape index (κ2) is 8.80. The Balaban J connectivity index is 1.85. The fourth-order valence-electron chi connectivity index (χ4n) is 3.63. The molecule has 0 radical (unpaired) electrons. The quantitative estimate of drug-likeness (QED) is 0.443. The third-order valence-corrected chi connectivity index (χ3v) is 5.43. The lowest BCUT2D eigenvalue weighted by Crippen LogP contribution is -2.41. The number of hydrogen-bond acceptors (Lipinski definition) is 6. The molecule has 0 aliphatic carbocycles. The number of nitrogens with zero attached hydrogens (tertiary/aromatic N) is 4. The molecule has 0 atom stereocenters. The molecule has 1 aliphatic rings. The average Bonchev–Trinajstić information content (AvgIpc) is 3.11. The maximum atomic E-state index is 13.2. The highest BCUT2D eigenvalue weighted by atomic mass is 16.6. The third-order valence-electron chi connectivity index (χ3n) is 5.43. The van der Waals surface area contributed by atoms with Crippen LogP contribution in [0, 0.1) is 30.9 Å². The first kappa shape index (κ1) is 21.5. The number of morpholine rings is 1. The number of aryl methyl sites for hydroxylation is 2. The maximum Gasteiger partial charge on any atom is 0.311 e. The Labute approximate surface area is 185 Å². The molecule has 0 bridgehead atoms. The summed E-state index contributed by atoms with van der Waals surface area (Å²) in [5, 5.41) is 16.1. The number of rotatable bonds is 5. The van der Waals surface area contributed by atoms with Crippen LogP contribution in [0.25, 0.3) is 5.69 Å². The first-order valence-corrected chi connectivity index (χ1v) is 10.3. The molecule has 1 aliphatic heterocycles. The zero-order valence-electron chi connectivity index (χ0n) is 18.2. The highest BCUT2D eigenvalue weighted by molar-refractivity contribution is 5.94. The summed E-state index contributed by atoms with van der Waals surface area (Å²) in [7, 11) is 0. The van der Waals surface area contributed by atoms with Crippen LogP contribution >= 0.6 is 0 Å². The van der Waals surface area contributed by atoms with E-state index in [9.17, 15) is 14.9 Å².